The number of carbonyl (C=O) groups is 1. The number of ether oxygens (including phenoxy) is 1. The molecule has 1 saturated heterocycles. The predicted molar refractivity (Wildman–Crippen MR) is 115 cm³/mol. The average Bonchev–Trinajstić information content (AvgIpc) is 3.19. The van der Waals surface area contributed by atoms with E-state index in [1.807, 2.05) is 9.47 Å². The Labute approximate surface area is 192 Å². The minimum absolute atomic E-state index is 0.0403. The molecule has 2 heterocycles. The smallest absolute Gasteiger partial charge is 0.406 e. The van der Waals surface area contributed by atoms with Gasteiger partial charge in [0.15, 0.2) is 0 Å². The molecule has 34 heavy (non-hydrogen) atoms. The fourth-order valence-corrected chi connectivity index (χ4v) is 3.77. The maximum Gasteiger partial charge on any atom is 0.573 e. The van der Waals surface area contributed by atoms with Gasteiger partial charge in [-0.15, -0.1) is 13.2 Å². The van der Waals surface area contributed by atoms with Crippen LogP contribution in [0.2, 0.25) is 0 Å². The Balaban J connectivity index is 1.40. The number of nitrogens with zero attached hydrogens (tertiary/aromatic N) is 5. The topological polar surface area (TPSA) is 55.0 Å². The molecule has 1 aliphatic heterocycles. The van der Waals surface area contributed by atoms with E-state index < -0.39 is 12.2 Å². The van der Waals surface area contributed by atoms with Gasteiger partial charge in [0.25, 0.3) is 0 Å². The van der Waals surface area contributed by atoms with Crippen LogP contribution in [0.15, 0.2) is 55.0 Å². The number of amides is 1. The number of aromatic nitrogens is 2. The molecule has 176 valence electrons. The van der Waals surface area contributed by atoms with Gasteiger partial charge in [0, 0.05) is 44.1 Å². The third-order valence-corrected chi connectivity index (χ3v) is 5.33. The van der Waals surface area contributed by atoms with Crippen LogP contribution >= 0.6 is 0 Å². The number of anilines is 1. The van der Waals surface area contributed by atoms with Crippen molar-refractivity contribution in [2.24, 2.45) is 0 Å². The van der Waals surface area contributed by atoms with Crippen LogP contribution in [0.5, 0.6) is 5.75 Å². The second kappa shape index (κ2) is 9.52. The molecule has 4 rings (SSSR count). The normalized spacial score (nSPS) is 14.8. The Kier molecular flexibility index (Phi) is 6.51. The van der Waals surface area contributed by atoms with Gasteiger partial charge in [-0.25, -0.2) is 14.2 Å². The highest BCUT2D eigenvalue weighted by molar-refractivity contribution is 5.95. The largest absolute Gasteiger partial charge is 0.573 e. The van der Waals surface area contributed by atoms with Crippen LogP contribution in [0.25, 0.3) is 4.85 Å². The predicted octanol–water partition coefficient (Wildman–Crippen LogP) is 4.37. The number of carbonyl (C=O) groups excluding carboxylic acids is 1. The number of piperazine rings is 1. The minimum Gasteiger partial charge on any atom is -0.406 e. The van der Waals surface area contributed by atoms with Crippen molar-refractivity contribution >= 4 is 17.3 Å². The van der Waals surface area contributed by atoms with Crippen LogP contribution in [-0.4, -0.2) is 46.4 Å². The van der Waals surface area contributed by atoms with Crippen molar-refractivity contribution in [1.82, 2.24) is 14.5 Å². The summed E-state index contributed by atoms with van der Waals surface area (Å²) >= 11 is 0. The van der Waals surface area contributed by atoms with Crippen LogP contribution in [0.1, 0.15) is 11.3 Å². The second-order valence-corrected chi connectivity index (χ2v) is 7.71. The zero-order chi connectivity index (χ0) is 24.3. The molecule has 3 aromatic rings. The van der Waals surface area contributed by atoms with Crippen LogP contribution in [0.3, 0.4) is 0 Å². The van der Waals surface area contributed by atoms with Crippen molar-refractivity contribution in [3.8, 4) is 5.75 Å². The van der Waals surface area contributed by atoms with Gasteiger partial charge in [0.1, 0.15) is 11.6 Å². The highest BCUT2D eigenvalue weighted by Gasteiger charge is 2.32. The second-order valence-electron chi connectivity index (χ2n) is 7.71. The lowest BCUT2D eigenvalue weighted by molar-refractivity contribution is -0.274. The number of alkyl halides is 3. The first kappa shape index (κ1) is 23.3. The van der Waals surface area contributed by atoms with Crippen LogP contribution < -0.4 is 9.64 Å². The molecule has 0 radical (unpaired) electrons. The van der Waals surface area contributed by atoms with E-state index in [0.29, 0.717) is 37.4 Å². The van der Waals surface area contributed by atoms with E-state index in [0.717, 1.165) is 5.69 Å². The third-order valence-electron chi connectivity index (χ3n) is 5.33. The maximum absolute atomic E-state index is 13.9. The van der Waals surface area contributed by atoms with Crippen molar-refractivity contribution in [3.05, 3.63) is 83.5 Å². The lowest BCUT2D eigenvalue weighted by Gasteiger charge is -2.34. The molecule has 0 spiro atoms. The van der Waals surface area contributed by atoms with Gasteiger partial charge in [-0.05, 0) is 23.8 Å². The fraction of sp³-hybridized carbons (Fsp3) is 0.261. The third kappa shape index (κ3) is 5.52. The van der Waals surface area contributed by atoms with Gasteiger partial charge in [-0.3, -0.25) is 9.69 Å². The lowest BCUT2D eigenvalue weighted by atomic mass is 10.2. The number of benzene rings is 2. The summed E-state index contributed by atoms with van der Waals surface area (Å²) in [6.45, 7) is 8.58. The van der Waals surface area contributed by atoms with E-state index in [-0.39, 0.29) is 23.9 Å². The maximum atomic E-state index is 13.9. The van der Waals surface area contributed by atoms with Crippen molar-refractivity contribution in [1.29, 1.82) is 0 Å². The molecule has 0 bridgehead atoms. The summed E-state index contributed by atoms with van der Waals surface area (Å²) in [6, 6.07) is 9.76. The van der Waals surface area contributed by atoms with E-state index in [1.54, 1.807) is 24.7 Å². The molecule has 0 aliphatic carbocycles. The number of imidazole rings is 1. The molecule has 1 aromatic heterocycles. The van der Waals surface area contributed by atoms with E-state index in [9.17, 15) is 22.4 Å². The fourth-order valence-electron chi connectivity index (χ4n) is 3.77. The molecular formula is C23H19F4N5O2. The van der Waals surface area contributed by atoms with Crippen LogP contribution in [0, 0.1) is 12.4 Å². The first-order chi connectivity index (χ1) is 16.2. The highest BCUT2D eigenvalue weighted by Crippen LogP contribution is 2.28. The summed E-state index contributed by atoms with van der Waals surface area (Å²) in [5, 5.41) is 0. The van der Waals surface area contributed by atoms with Gasteiger partial charge in [-0.1, -0.05) is 18.2 Å². The summed E-state index contributed by atoms with van der Waals surface area (Å²) in [5.41, 5.74) is 1.78. The molecule has 0 atom stereocenters. The Bertz CT molecular complexity index is 1230. The average molecular weight is 473 g/mol. The van der Waals surface area contributed by atoms with Gasteiger partial charge >= 0.3 is 6.36 Å². The quantitative estimate of drug-likeness (QED) is 0.394. The number of rotatable bonds is 6. The Morgan fingerprint density at radius 2 is 1.94 bits per heavy atom. The molecule has 2 aromatic carbocycles. The van der Waals surface area contributed by atoms with Crippen LogP contribution in [-0.2, 0) is 17.9 Å². The van der Waals surface area contributed by atoms with Crippen molar-refractivity contribution < 1.29 is 27.1 Å². The zero-order valence-corrected chi connectivity index (χ0v) is 17.8. The molecule has 7 nitrogen and oxygen atoms in total. The first-order valence-corrected chi connectivity index (χ1v) is 10.3. The van der Waals surface area contributed by atoms with E-state index in [1.165, 1.54) is 35.2 Å². The SMILES string of the molecule is [C-]#[N+]c1ccc(Cn2cncc2CN2CCN(c3cccc(OC(F)(F)F)c3)C(=O)C2)cc1F. The molecular weight excluding hydrogens is 454 g/mol. The van der Waals surface area contributed by atoms with E-state index >= 15 is 0 Å². The molecule has 0 saturated carbocycles. The summed E-state index contributed by atoms with van der Waals surface area (Å²) in [4.78, 5) is 23.3. The molecule has 11 heteroatoms. The molecule has 0 N–H and O–H groups in total. The number of hydrogen-bond donors (Lipinski definition) is 0. The van der Waals surface area contributed by atoms with Crippen molar-refractivity contribution in [2.75, 3.05) is 24.5 Å². The zero-order valence-electron chi connectivity index (χ0n) is 17.8. The van der Waals surface area contributed by atoms with E-state index in [4.69, 9.17) is 6.57 Å². The standard InChI is InChI=1S/C23H19F4N5O2/c1-28-21-6-5-16(9-20(21)24)12-31-15-29-11-18(31)13-30-7-8-32(22(33)14-30)17-3-2-4-19(10-17)34-23(25,26)27/h2-6,9-11,15H,7-8,12-14H2. The van der Waals surface area contributed by atoms with Crippen LogP contribution in [0.4, 0.5) is 28.9 Å². The Hall–Kier alpha value is -3.91. The number of halogens is 4. The molecule has 1 aliphatic rings. The number of hydrogen-bond acceptors (Lipinski definition) is 4. The summed E-state index contributed by atoms with van der Waals surface area (Å²) < 4.78 is 57.2. The van der Waals surface area contributed by atoms with E-state index in [2.05, 4.69) is 14.6 Å². The first-order valence-electron chi connectivity index (χ1n) is 10.3. The Morgan fingerprint density at radius 1 is 1.12 bits per heavy atom. The summed E-state index contributed by atoms with van der Waals surface area (Å²) in [5.74, 6) is -1.22. The monoisotopic (exact) mass is 473 g/mol. The summed E-state index contributed by atoms with van der Waals surface area (Å²) in [6.07, 6.45) is -1.53. The minimum atomic E-state index is -4.81. The van der Waals surface area contributed by atoms with Crippen molar-refractivity contribution in [2.45, 2.75) is 19.5 Å². The van der Waals surface area contributed by atoms with Gasteiger partial charge < -0.3 is 14.2 Å². The van der Waals surface area contributed by atoms with Crippen molar-refractivity contribution in [3.63, 3.8) is 0 Å². The van der Waals surface area contributed by atoms with Gasteiger partial charge in [0.2, 0.25) is 11.6 Å². The van der Waals surface area contributed by atoms with Gasteiger partial charge in [-0.2, -0.15) is 0 Å². The molecule has 1 fully saturated rings. The van der Waals surface area contributed by atoms with Gasteiger partial charge in [0.05, 0.1) is 25.1 Å². The Morgan fingerprint density at radius 3 is 2.65 bits per heavy atom. The lowest BCUT2D eigenvalue weighted by Crippen LogP contribution is -2.50. The highest BCUT2D eigenvalue weighted by atomic mass is 19.4. The summed E-state index contributed by atoms with van der Waals surface area (Å²) in [7, 11) is 0. The molecule has 1 amide bonds. The molecule has 0 unspecified atom stereocenters.